The molecular weight excluding hydrogens is 583 g/mol. The topological polar surface area (TPSA) is 78.8 Å². The van der Waals surface area contributed by atoms with E-state index in [0.29, 0.717) is 16.8 Å². The largest absolute Gasteiger partial charge is 0.416 e. The van der Waals surface area contributed by atoms with E-state index in [2.05, 4.69) is 9.71 Å². The van der Waals surface area contributed by atoms with Crippen LogP contribution in [0, 0.1) is 11.3 Å². The van der Waals surface area contributed by atoms with Crippen molar-refractivity contribution in [2.75, 3.05) is 11.2 Å². The molecule has 5 rings (SSSR count). The van der Waals surface area contributed by atoms with Crippen LogP contribution in [-0.2, 0) is 33.1 Å². The number of thiocarbonyl (C=S) groups is 1. The lowest BCUT2D eigenvalue weighted by atomic mass is 9.68. The predicted molar refractivity (Wildman–Crippen MR) is 161 cm³/mol. The van der Waals surface area contributed by atoms with Crippen LogP contribution in [-0.4, -0.2) is 31.3 Å². The second-order valence-corrected chi connectivity index (χ2v) is 13.8. The number of benzene rings is 3. The van der Waals surface area contributed by atoms with E-state index < -0.39 is 44.6 Å². The van der Waals surface area contributed by atoms with Gasteiger partial charge in [0.1, 0.15) is 0 Å². The van der Waals surface area contributed by atoms with Gasteiger partial charge in [-0.3, -0.25) is 4.79 Å². The highest BCUT2D eigenvalue weighted by Crippen LogP contribution is 2.56. The third-order valence-corrected chi connectivity index (χ3v) is 8.60. The second-order valence-electron chi connectivity index (χ2n) is 11.7. The molecule has 1 N–H and O–H groups in total. The third kappa shape index (κ3) is 5.24. The summed E-state index contributed by atoms with van der Waals surface area (Å²) in [6, 6.07) is 21.3. The van der Waals surface area contributed by atoms with Gasteiger partial charge in [0.25, 0.3) is 5.91 Å². The molecule has 6 nitrogen and oxygen atoms in total. The van der Waals surface area contributed by atoms with Gasteiger partial charge in [-0.2, -0.15) is 17.6 Å². The van der Waals surface area contributed by atoms with Gasteiger partial charge in [0.15, 0.2) is 5.54 Å². The summed E-state index contributed by atoms with van der Waals surface area (Å²) in [6.07, 6.45) is -3.58. The minimum absolute atomic E-state index is 0.196. The molecule has 0 unspecified atom stereocenters. The zero-order chi connectivity index (χ0) is 30.7. The number of fused-ring (bicyclic) bond motifs is 2. The first-order chi connectivity index (χ1) is 19.5. The summed E-state index contributed by atoms with van der Waals surface area (Å²) >= 11 is 5.86. The average molecular weight is 614 g/mol. The number of anilines is 1. The minimum atomic E-state index is -4.56. The highest BCUT2D eigenvalue weighted by Gasteiger charge is 2.64. The molecule has 220 valence electrons. The Balaban J connectivity index is 1.77. The number of nitrogens with zero attached hydrogens (tertiary/aromatic N) is 2. The van der Waals surface area contributed by atoms with Crippen molar-refractivity contribution in [3.63, 3.8) is 0 Å². The van der Waals surface area contributed by atoms with Crippen molar-refractivity contribution in [1.82, 2.24) is 5.32 Å². The van der Waals surface area contributed by atoms with E-state index in [4.69, 9.17) is 12.2 Å². The number of para-hydroxylation sites is 1. The lowest BCUT2D eigenvalue weighted by Crippen LogP contribution is -2.50. The molecule has 0 aromatic heterocycles. The van der Waals surface area contributed by atoms with Crippen LogP contribution in [0.25, 0.3) is 0 Å². The lowest BCUT2D eigenvalue weighted by molar-refractivity contribution is -0.137. The van der Waals surface area contributed by atoms with Crippen LogP contribution >= 0.6 is 12.2 Å². The smallest absolute Gasteiger partial charge is 0.361 e. The molecule has 2 aliphatic rings. The summed E-state index contributed by atoms with van der Waals surface area (Å²) in [7, 11) is -3.90. The molecule has 1 saturated heterocycles. The summed E-state index contributed by atoms with van der Waals surface area (Å²) < 4.78 is 69.8. The standard InChI is InChI=1S/C31H30F3N3O3S2/c1-29(2,3)26(36-42(4,39)40)24-25(20-14-16-21(17-15-20)31(32,33)34)30(35-27(24)41)22-12-8-9-13-23(22)37(28(30)38)18-19-10-6-5-7-11-19/h5-17,24-25H,18H2,1-4H3,(H,35,41)/b36-26-/t24-,25+,30+/m1/s1. The molecule has 1 fully saturated rings. The zero-order valence-electron chi connectivity index (χ0n) is 23.4. The van der Waals surface area contributed by atoms with Crippen molar-refractivity contribution in [2.24, 2.45) is 15.7 Å². The highest BCUT2D eigenvalue weighted by atomic mass is 32.2. The molecular formula is C31H30F3N3O3S2. The van der Waals surface area contributed by atoms with Crippen molar-refractivity contribution < 1.29 is 26.4 Å². The maximum absolute atomic E-state index is 14.7. The predicted octanol–water partition coefficient (Wildman–Crippen LogP) is 6.22. The third-order valence-electron chi connectivity index (χ3n) is 7.71. The van der Waals surface area contributed by atoms with Crippen LogP contribution in [0.3, 0.4) is 0 Å². The number of hydrogen-bond donors (Lipinski definition) is 1. The molecule has 1 spiro atoms. The van der Waals surface area contributed by atoms with E-state index in [9.17, 15) is 26.4 Å². The molecule has 0 aliphatic carbocycles. The Morgan fingerprint density at radius 3 is 2.14 bits per heavy atom. The van der Waals surface area contributed by atoms with Crippen LogP contribution < -0.4 is 10.2 Å². The van der Waals surface area contributed by atoms with Gasteiger partial charge in [-0.05, 0) is 29.3 Å². The monoisotopic (exact) mass is 613 g/mol. The van der Waals surface area contributed by atoms with Gasteiger partial charge in [-0.1, -0.05) is 93.7 Å². The van der Waals surface area contributed by atoms with Crippen molar-refractivity contribution in [2.45, 2.75) is 44.9 Å². The summed E-state index contributed by atoms with van der Waals surface area (Å²) in [4.78, 5) is 16.6. The number of sulfonamides is 1. The number of halogens is 3. The minimum Gasteiger partial charge on any atom is -0.361 e. The first kappa shape index (κ1) is 29.9. The van der Waals surface area contributed by atoms with E-state index in [1.807, 2.05) is 42.5 Å². The fraction of sp³-hybridized carbons (Fsp3) is 0.323. The zero-order valence-corrected chi connectivity index (χ0v) is 25.1. The average Bonchev–Trinajstić information content (AvgIpc) is 3.33. The summed E-state index contributed by atoms with van der Waals surface area (Å²) in [5.74, 6) is -2.14. The summed E-state index contributed by atoms with van der Waals surface area (Å²) in [6.45, 7) is 5.63. The Morgan fingerprint density at radius 1 is 0.976 bits per heavy atom. The van der Waals surface area contributed by atoms with Crippen LogP contribution in [0.15, 0.2) is 83.3 Å². The van der Waals surface area contributed by atoms with Crippen molar-refractivity contribution in [1.29, 1.82) is 0 Å². The highest BCUT2D eigenvalue weighted by molar-refractivity contribution is 7.89. The molecule has 0 saturated carbocycles. The number of hydrogen-bond acceptors (Lipinski definition) is 4. The van der Waals surface area contributed by atoms with Gasteiger partial charge in [0.05, 0.1) is 35.0 Å². The van der Waals surface area contributed by atoms with Gasteiger partial charge in [0.2, 0.25) is 10.0 Å². The number of carbonyl (C=O) groups excluding carboxylic acids is 1. The second kappa shape index (κ2) is 10.3. The Morgan fingerprint density at radius 2 is 1.57 bits per heavy atom. The van der Waals surface area contributed by atoms with Crippen LogP contribution in [0.2, 0.25) is 0 Å². The Labute approximate surface area is 248 Å². The molecule has 2 heterocycles. The summed E-state index contributed by atoms with van der Waals surface area (Å²) in [5, 5.41) is 3.28. The SMILES string of the molecule is CC(C)(C)/C(=N\S(C)(=O)=O)[C@@H]1C(=S)N[C@]2(C(=O)N(Cc3ccccc3)c3ccccc32)[C@H]1c1ccc(C(F)(F)F)cc1. The van der Waals surface area contributed by atoms with E-state index in [0.717, 1.165) is 24.0 Å². The first-order valence-electron chi connectivity index (χ1n) is 13.3. The van der Waals surface area contributed by atoms with E-state index in [1.165, 1.54) is 12.1 Å². The molecule has 1 amide bonds. The fourth-order valence-corrected chi connectivity index (χ4v) is 7.17. The van der Waals surface area contributed by atoms with Crippen molar-refractivity contribution >= 4 is 44.5 Å². The fourth-order valence-electron chi connectivity index (χ4n) is 6.02. The quantitative estimate of drug-likeness (QED) is 0.273. The van der Waals surface area contributed by atoms with Crippen molar-refractivity contribution in [3.05, 3.63) is 101 Å². The van der Waals surface area contributed by atoms with Gasteiger partial charge in [-0.15, -0.1) is 0 Å². The Bertz CT molecular complexity index is 1680. The van der Waals surface area contributed by atoms with Gasteiger partial charge in [0, 0.05) is 22.6 Å². The molecule has 0 bridgehead atoms. The number of nitrogens with one attached hydrogen (secondary N) is 1. The van der Waals surface area contributed by atoms with E-state index in [-0.39, 0.29) is 23.2 Å². The molecule has 0 radical (unpaired) electrons. The number of carbonyl (C=O) groups is 1. The van der Waals surface area contributed by atoms with Gasteiger partial charge in [-0.25, -0.2) is 8.42 Å². The maximum Gasteiger partial charge on any atom is 0.416 e. The normalized spacial score (nSPS) is 22.9. The van der Waals surface area contributed by atoms with Gasteiger partial charge < -0.3 is 10.2 Å². The van der Waals surface area contributed by atoms with Crippen LogP contribution in [0.1, 0.15) is 48.9 Å². The Kier molecular flexibility index (Phi) is 7.34. The number of amides is 1. The van der Waals surface area contributed by atoms with E-state index >= 15 is 0 Å². The maximum atomic E-state index is 14.7. The molecule has 3 aromatic rings. The van der Waals surface area contributed by atoms with E-state index in [1.54, 1.807) is 37.8 Å². The molecule has 42 heavy (non-hydrogen) atoms. The Hall–Kier alpha value is -3.57. The summed E-state index contributed by atoms with van der Waals surface area (Å²) in [5.41, 5.74) is -0.433. The molecule has 11 heteroatoms. The van der Waals surface area contributed by atoms with Crippen LogP contribution in [0.4, 0.5) is 18.9 Å². The van der Waals surface area contributed by atoms with Crippen molar-refractivity contribution in [3.8, 4) is 0 Å². The first-order valence-corrected chi connectivity index (χ1v) is 15.5. The lowest BCUT2D eigenvalue weighted by Gasteiger charge is -2.35. The molecule has 3 atom stereocenters. The van der Waals surface area contributed by atoms with Gasteiger partial charge >= 0.3 is 6.18 Å². The van der Waals surface area contributed by atoms with Crippen LogP contribution in [0.5, 0.6) is 0 Å². The number of alkyl halides is 3. The molecule has 2 aliphatic heterocycles. The number of rotatable bonds is 5. The molecule has 3 aromatic carbocycles.